The van der Waals surface area contributed by atoms with Crippen LogP contribution >= 0.6 is 15.9 Å². The van der Waals surface area contributed by atoms with E-state index in [1.165, 1.54) is 12.1 Å². The van der Waals surface area contributed by atoms with Gasteiger partial charge < -0.3 is 10.2 Å². The van der Waals surface area contributed by atoms with Crippen LogP contribution in [-0.2, 0) is 5.60 Å². The highest BCUT2D eigenvalue weighted by Crippen LogP contribution is 2.28. The van der Waals surface area contributed by atoms with Crippen molar-refractivity contribution in [3.05, 3.63) is 33.8 Å². The van der Waals surface area contributed by atoms with E-state index in [0.717, 1.165) is 0 Å². The summed E-state index contributed by atoms with van der Waals surface area (Å²) < 4.78 is 0.602. The third-order valence-electron chi connectivity index (χ3n) is 1.88. The molecule has 14 heavy (non-hydrogen) atoms. The summed E-state index contributed by atoms with van der Waals surface area (Å²) in [6.07, 6.45) is 0. The lowest BCUT2D eigenvalue weighted by Gasteiger charge is -2.19. The Hall–Kier alpha value is -0.870. The van der Waals surface area contributed by atoms with Gasteiger partial charge in [-0.15, -0.1) is 0 Å². The van der Waals surface area contributed by atoms with Crippen molar-refractivity contribution in [1.82, 2.24) is 0 Å². The molecule has 0 aliphatic carbocycles. The number of carboxylic acids is 1. The van der Waals surface area contributed by atoms with Gasteiger partial charge in [-0.1, -0.05) is 22.0 Å². The number of carbonyl (C=O) groups is 1. The number of rotatable bonds is 2. The molecule has 1 aromatic rings. The minimum atomic E-state index is -0.979. The first-order chi connectivity index (χ1) is 6.32. The predicted octanol–water partition coefficient (Wildman–Crippen LogP) is 2.37. The van der Waals surface area contributed by atoms with Crippen molar-refractivity contribution in [3.63, 3.8) is 0 Å². The molecule has 0 radical (unpaired) electrons. The highest BCUT2D eigenvalue weighted by atomic mass is 79.9. The molecular weight excluding hydrogens is 248 g/mol. The van der Waals surface area contributed by atoms with E-state index in [4.69, 9.17) is 5.11 Å². The Morgan fingerprint density at radius 2 is 2.00 bits per heavy atom. The number of hydrogen-bond donors (Lipinski definition) is 2. The summed E-state index contributed by atoms with van der Waals surface area (Å²) in [7, 11) is 0. The Morgan fingerprint density at radius 3 is 2.36 bits per heavy atom. The number of hydrogen-bond acceptors (Lipinski definition) is 2. The number of aromatic carboxylic acids is 1. The van der Waals surface area contributed by atoms with Crippen LogP contribution in [0.15, 0.2) is 22.7 Å². The van der Waals surface area contributed by atoms with Crippen LogP contribution in [0.1, 0.15) is 29.8 Å². The Morgan fingerprint density at radius 1 is 1.43 bits per heavy atom. The van der Waals surface area contributed by atoms with Crippen molar-refractivity contribution < 1.29 is 15.0 Å². The molecule has 0 aliphatic rings. The van der Waals surface area contributed by atoms with Gasteiger partial charge in [-0.3, -0.25) is 0 Å². The van der Waals surface area contributed by atoms with Crippen molar-refractivity contribution in [1.29, 1.82) is 0 Å². The molecule has 0 saturated carbocycles. The largest absolute Gasteiger partial charge is 0.478 e. The molecule has 76 valence electrons. The fraction of sp³-hybridized carbons (Fsp3) is 0.300. The molecule has 0 aliphatic heterocycles. The van der Waals surface area contributed by atoms with Crippen LogP contribution in [0.3, 0.4) is 0 Å². The highest BCUT2D eigenvalue weighted by Gasteiger charge is 2.19. The van der Waals surface area contributed by atoms with Gasteiger partial charge >= 0.3 is 5.97 Å². The Balaban J connectivity index is 3.21. The first kappa shape index (κ1) is 11.2. The van der Waals surface area contributed by atoms with Gasteiger partial charge in [-0.25, -0.2) is 4.79 Å². The number of halogens is 1. The van der Waals surface area contributed by atoms with Gasteiger partial charge in [0.1, 0.15) is 0 Å². The van der Waals surface area contributed by atoms with Crippen LogP contribution in [0.2, 0.25) is 0 Å². The maximum absolute atomic E-state index is 10.6. The molecule has 0 spiro atoms. The molecule has 0 fully saturated rings. The van der Waals surface area contributed by atoms with E-state index < -0.39 is 11.6 Å². The quantitative estimate of drug-likeness (QED) is 0.857. The van der Waals surface area contributed by atoms with E-state index in [-0.39, 0.29) is 5.56 Å². The lowest BCUT2D eigenvalue weighted by Crippen LogP contribution is -2.16. The van der Waals surface area contributed by atoms with Gasteiger partial charge in [0.25, 0.3) is 0 Å². The molecule has 0 atom stereocenters. The maximum atomic E-state index is 10.6. The average Bonchev–Trinajstić information content (AvgIpc) is 2.01. The van der Waals surface area contributed by atoms with Gasteiger partial charge in [0.15, 0.2) is 0 Å². The zero-order valence-electron chi connectivity index (χ0n) is 7.91. The lowest BCUT2D eigenvalue weighted by molar-refractivity contribution is 0.0691. The monoisotopic (exact) mass is 258 g/mol. The Labute approximate surface area is 90.5 Å². The fourth-order valence-electron chi connectivity index (χ4n) is 1.14. The molecule has 2 N–H and O–H groups in total. The van der Waals surface area contributed by atoms with Crippen molar-refractivity contribution >= 4 is 21.9 Å². The summed E-state index contributed by atoms with van der Waals surface area (Å²) in [6, 6.07) is 4.56. The minimum absolute atomic E-state index is 0.199. The Bertz CT molecular complexity index is 366. The summed E-state index contributed by atoms with van der Waals surface area (Å²) in [6.45, 7) is 3.29. The number of aliphatic hydroxyl groups is 1. The molecule has 3 nitrogen and oxygen atoms in total. The molecule has 0 unspecified atom stereocenters. The van der Waals surface area contributed by atoms with Crippen molar-refractivity contribution in [2.24, 2.45) is 0 Å². The van der Waals surface area contributed by atoms with Crippen LogP contribution in [-0.4, -0.2) is 16.2 Å². The van der Waals surface area contributed by atoms with E-state index in [1.807, 2.05) is 0 Å². The SMILES string of the molecule is CC(C)(O)c1ccc(C(=O)O)cc1Br. The summed E-state index contributed by atoms with van der Waals surface area (Å²) >= 11 is 3.23. The molecule has 1 aromatic carbocycles. The molecule has 0 heterocycles. The fourth-order valence-corrected chi connectivity index (χ4v) is 2.01. The van der Waals surface area contributed by atoms with E-state index >= 15 is 0 Å². The Kier molecular flexibility index (Phi) is 2.97. The van der Waals surface area contributed by atoms with Crippen molar-refractivity contribution in [2.45, 2.75) is 19.4 Å². The summed E-state index contributed by atoms with van der Waals surface area (Å²) in [5.74, 6) is -0.979. The summed E-state index contributed by atoms with van der Waals surface area (Å²) in [5, 5.41) is 18.4. The van der Waals surface area contributed by atoms with E-state index in [1.54, 1.807) is 19.9 Å². The van der Waals surface area contributed by atoms with Gasteiger partial charge in [-0.2, -0.15) is 0 Å². The summed E-state index contributed by atoms with van der Waals surface area (Å²) in [4.78, 5) is 10.6. The first-order valence-corrected chi connectivity index (χ1v) is 4.87. The third kappa shape index (κ3) is 2.33. The molecule has 0 saturated heterocycles. The average molecular weight is 259 g/mol. The topological polar surface area (TPSA) is 57.5 Å². The standard InChI is InChI=1S/C10H11BrO3/c1-10(2,14)7-4-3-6(9(12)13)5-8(7)11/h3-5,14H,1-2H3,(H,12,13). The molecule has 0 amide bonds. The van der Waals surface area contributed by atoms with Crippen LogP contribution in [0.25, 0.3) is 0 Å². The van der Waals surface area contributed by atoms with Gasteiger partial charge in [-0.05, 0) is 31.5 Å². The number of benzene rings is 1. The first-order valence-electron chi connectivity index (χ1n) is 4.08. The number of carboxylic acid groups (broad SMARTS) is 1. The van der Waals surface area contributed by atoms with E-state index in [2.05, 4.69) is 15.9 Å². The van der Waals surface area contributed by atoms with E-state index in [9.17, 15) is 9.90 Å². The molecule has 4 heteroatoms. The summed E-state index contributed by atoms with van der Waals surface area (Å²) in [5.41, 5.74) is -0.108. The maximum Gasteiger partial charge on any atom is 0.335 e. The zero-order chi connectivity index (χ0) is 10.9. The van der Waals surface area contributed by atoms with Crippen LogP contribution < -0.4 is 0 Å². The molecular formula is C10H11BrO3. The van der Waals surface area contributed by atoms with Crippen molar-refractivity contribution in [3.8, 4) is 0 Å². The van der Waals surface area contributed by atoms with Gasteiger partial charge in [0.2, 0.25) is 0 Å². The second kappa shape index (κ2) is 3.71. The predicted molar refractivity (Wildman–Crippen MR) is 56.3 cm³/mol. The van der Waals surface area contributed by atoms with Gasteiger partial charge in [0.05, 0.1) is 11.2 Å². The molecule has 0 aromatic heterocycles. The normalized spacial score (nSPS) is 11.4. The van der Waals surface area contributed by atoms with Crippen LogP contribution in [0.5, 0.6) is 0 Å². The van der Waals surface area contributed by atoms with E-state index in [0.29, 0.717) is 10.0 Å². The molecule has 0 bridgehead atoms. The second-order valence-electron chi connectivity index (χ2n) is 3.56. The van der Waals surface area contributed by atoms with Crippen LogP contribution in [0.4, 0.5) is 0 Å². The minimum Gasteiger partial charge on any atom is -0.478 e. The third-order valence-corrected chi connectivity index (χ3v) is 2.53. The van der Waals surface area contributed by atoms with Crippen LogP contribution in [0, 0.1) is 0 Å². The molecule has 1 rings (SSSR count). The van der Waals surface area contributed by atoms with Gasteiger partial charge in [0, 0.05) is 4.47 Å². The zero-order valence-corrected chi connectivity index (χ0v) is 9.50. The van der Waals surface area contributed by atoms with Crippen molar-refractivity contribution in [2.75, 3.05) is 0 Å². The second-order valence-corrected chi connectivity index (χ2v) is 4.41. The smallest absolute Gasteiger partial charge is 0.335 e. The highest BCUT2D eigenvalue weighted by molar-refractivity contribution is 9.10. The lowest BCUT2D eigenvalue weighted by atomic mass is 9.97.